The third-order valence-electron chi connectivity index (χ3n) is 6.72. The first-order chi connectivity index (χ1) is 15.6. The molecule has 0 spiro atoms. The third-order valence-corrected chi connectivity index (χ3v) is 6.72. The molecule has 2 aliphatic rings. The van der Waals surface area contributed by atoms with Crippen molar-refractivity contribution in [1.29, 1.82) is 0 Å². The molecule has 2 aromatic carbocycles. The molecule has 2 atom stereocenters. The summed E-state index contributed by atoms with van der Waals surface area (Å²) in [5.41, 5.74) is 3.49. The molecule has 5 heteroatoms. The Bertz CT molecular complexity index is 891. The molecule has 2 aromatic rings. The first kappa shape index (κ1) is 22.5. The standard InChI is InChI=1S/C27H34N2O3/c1-2-28-16-17-29(26(30)15-14-25-9-6-18-32-25)20-24(27(28)31)19-21-10-12-23(13-11-21)22-7-4-3-5-8-22/h3-5,7-8,10-13,24-25H,2,6,9,14-20H2,1H3/t24-,25-/m1/s1. The van der Waals surface area contributed by atoms with E-state index in [-0.39, 0.29) is 23.8 Å². The van der Waals surface area contributed by atoms with E-state index < -0.39 is 0 Å². The number of carbonyl (C=O) groups is 2. The summed E-state index contributed by atoms with van der Waals surface area (Å²) in [6.45, 7) is 5.24. The normalized spacial score (nSPS) is 21.6. The van der Waals surface area contributed by atoms with Crippen LogP contribution in [-0.2, 0) is 20.7 Å². The molecule has 4 rings (SSSR count). The third kappa shape index (κ3) is 5.57. The fourth-order valence-electron chi connectivity index (χ4n) is 4.80. The van der Waals surface area contributed by atoms with Gasteiger partial charge in [0.15, 0.2) is 0 Å². The van der Waals surface area contributed by atoms with E-state index in [0.29, 0.717) is 39.0 Å². The minimum absolute atomic E-state index is 0.149. The van der Waals surface area contributed by atoms with Crippen LogP contribution in [0.1, 0.15) is 38.2 Å². The zero-order valence-electron chi connectivity index (χ0n) is 19.0. The van der Waals surface area contributed by atoms with Crippen molar-refractivity contribution in [3.63, 3.8) is 0 Å². The summed E-state index contributed by atoms with van der Waals surface area (Å²) in [5, 5.41) is 0. The van der Waals surface area contributed by atoms with Crippen molar-refractivity contribution in [2.45, 2.75) is 45.1 Å². The largest absolute Gasteiger partial charge is 0.378 e. The highest BCUT2D eigenvalue weighted by Gasteiger charge is 2.32. The highest BCUT2D eigenvalue weighted by molar-refractivity contribution is 5.82. The smallest absolute Gasteiger partial charge is 0.227 e. The summed E-state index contributed by atoms with van der Waals surface area (Å²) in [4.78, 5) is 29.9. The van der Waals surface area contributed by atoms with E-state index in [1.54, 1.807) is 0 Å². The molecule has 5 nitrogen and oxygen atoms in total. The second kappa shape index (κ2) is 10.8. The average Bonchev–Trinajstić information content (AvgIpc) is 3.30. The Morgan fingerprint density at radius 1 is 1.03 bits per heavy atom. The summed E-state index contributed by atoms with van der Waals surface area (Å²) in [6, 6.07) is 18.8. The van der Waals surface area contributed by atoms with Gasteiger partial charge in [-0.25, -0.2) is 0 Å². The van der Waals surface area contributed by atoms with Crippen molar-refractivity contribution in [3.8, 4) is 11.1 Å². The highest BCUT2D eigenvalue weighted by atomic mass is 16.5. The van der Waals surface area contributed by atoms with Crippen molar-refractivity contribution in [2.24, 2.45) is 5.92 Å². The predicted octanol–water partition coefficient (Wildman–Crippen LogP) is 4.16. The van der Waals surface area contributed by atoms with Crippen LogP contribution >= 0.6 is 0 Å². The maximum Gasteiger partial charge on any atom is 0.227 e. The molecule has 0 N–H and O–H groups in total. The average molecular weight is 435 g/mol. The Labute approximate surface area is 191 Å². The van der Waals surface area contributed by atoms with Gasteiger partial charge in [0.05, 0.1) is 12.0 Å². The Morgan fingerprint density at radius 2 is 1.78 bits per heavy atom. The number of benzene rings is 2. The first-order valence-corrected chi connectivity index (χ1v) is 12.0. The van der Waals surface area contributed by atoms with E-state index in [1.807, 2.05) is 34.9 Å². The minimum Gasteiger partial charge on any atom is -0.378 e. The van der Waals surface area contributed by atoms with E-state index in [9.17, 15) is 9.59 Å². The van der Waals surface area contributed by atoms with Crippen molar-refractivity contribution in [1.82, 2.24) is 9.80 Å². The summed E-state index contributed by atoms with van der Waals surface area (Å²) in [6.07, 6.45) is 4.30. The van der Waals surface area contributed by atoms with Crippen molar-refractivity contribution in [3.05, 3.63) is 60.2 Å². The lowest BCUT2D eigenvalue weighted by Gasteiger charge is -2.24. The zero-order chi connectivity index (χ0) is 22.3. The van der Waals surface area contributed by atoms with Gasteiger partial charge in [-0.15, -0.1) is 0 Å². The van der Waals surface area contributed by atoms with Crippen LogP contribution in [0.3, 0.4) is 0 Å². The molecule has 2 fully saturated rings. The Hall–Kier alpha value is -2.66. The van der Waals surface area contributed by atoms with E-state index >= 15 is 0 Å². The van der Waals surface area contributed by atoms with Gasteiger partial charge in [0.1, 0.15) is 0 Å². The summed E-state index contributed by atoms with van der Waals surface area (Å²) in [5.74, 6) is 0.108. The molecule has 170 valence electrons. The van der Waals surface area contributed by atoms with Gasteiger partial charge >= 0.3 is 0 Å². The molecular weight excluding hydrogens is 400 g/mol. The fourth-order valence-corrected chi connectivity index (χ4v) is 4.80. The van der Waals surface area contributed by atoms with Crippen LogP contribution in [-0.4, -0.2) is 60.5 Å². The lowest BCUT2D eigenvalue weighted by Crippen LogP contribution is -2.38. The van der Waals surface area contributed by atoms with Crippen LogP contribution < -0.4 is 0 Å². The monoisotopic (exact) mass is 434 g/mol. The molecule has 0 radical (unpaired) electrons. The molecule has 0 aliphatic carbocycles. The summed E-state index contributed by atoms with van der Waals surface area (Å²) < 4.78 is 5.68. The highest BCUT2D eigenvalue weighted by Crippen LogP contribution is 2.23. The lowest BCUT2D eigenvalue weighted by atomic mass is 9.95. The van der Waals surface area contributed by atoms with Crippen LogP contribution in [0.5, 0.6) is 0 Å². The van der Waals surface area contributed by atoms with Crippen LogP contribution in [0.25, 0.3) is 11.1 Å². The first-order valence-electron chi connectivity index (χ1n) is 12.0. The molecule has 2 saturated heterocycles. The van der Waals surface area contributed by atoms with Gasteiger partial charge in [-0.05, 0) is 49.3 Å². The van der Waals surface area contributed by atoms with E-state index in [1.165, 1.54) is 11.1 Å². The van der Waals surface area contributed by atoms with E-state index in [0.717, 1.165) is 31.4 Å². The van der Waals surface area contributed by atoms with Crippen molar-refractivity contribution in [2.75, 3.05) is 32.8 Å². The number of rotatable bonds is 7. The number of hydrogen-bond donors (Lipinski definition) is 0. The number of likely N-dealkylation sites (N-methyl/N-ethyl adjacent to an activating group) is 1. The molecule has 0 unspecified atom stereocenters. The minimum atomic E-state index is -0.202. The predicted molar refractivity (Wildman–Crippen MR) is 126 cm³/mol. The SMILES string of the molecule is CCN1CCN(C(=O)CC[C@H]2CCCO2)C[C@@H](Cc2ccc(-c3ccccc3)cc2)C1=O. The fraction of sp³-hybridized carbons (Fsp3) is 0.481. The van der Waals surface area contributed by atoms with E-state index in [4.69, 9.17) is 4.74 Å². The molecule has 0 aromatic heterocycles. The second-order valence-electron chi connectivity index (χ2n) is 8.90. The number of nitrogens with zero attached hydrogens (tertiary/aromatic N) is 2. The number of hydrogen-bond acceptors (Lipinski definition) is 3. The van der Waals surface area contributed by atoms with Crippen LogP contribution in [0, 0.1) is 5.92 Å². The van der Waals surface area contributed by atoms with Gasteiger partial charge in [-0.3, -0.25) is 9.59 Å². The van der Waals surface area contributed by atoms with Gasteiger partial charge in [0.25, 0.3) is 0 Å². The van der Waals surface area contributed by atoms with Crippen molar-refractivity contribution >= 4 is 11.8 Å². The molecule has 0 saturated carbocycles. The van der Waals surface area contributed by atoms with Crippen LogP contribution in [0.15, 0.2) is 54.6 Å². The van der Waals surface area contributed by atoms with Gasteiger partial charge in [-0.2, -0.15) is 0 Å². The maximum absolute atomic E-state index is 13.2. The number of carbonyl (C=O) groups excluding carboxylic acids is 2. The topological polar surface area (TPSA) is 49.9 Å². The molecule has 32 heavy (non-hydrogen) atoms. The van der Waals surface area contributed by atoms with Gasteiger partial charge in [0.2, 0.25) is 11.8 Å². The Balaban J connectivity index is 1.42. The van der Waals surface area contributed by atoms with Crippen molar-refractivity contribution < 1.29 is 14.3 Å². The zero-order valence-corrected chi connectivity index (χ0v) is 19.0. The van der Waals surface area contributed by atoms with E-state index in [2.05, 4.69) is 36.4 Å². The maximum atomic E-state index is 13.2. The quantitative estimate of drug-likeness (QED) is 0.657. The molecule has 2 amide bonds. The summed E-state index contributed by atoms with van der Waals surface area (Å²) in [7, 11) is 0. The Morgan fingerprint density at radius 3 is 2.47 bits per heavy atom. The second-order valence-corrected chi connectivity index (χ2v) is 8.90. The van der Waals surface area contributed by atoms with Crippen LogP contribution in [0.4, 0.5) is 0 Å². The molecule has 2 aliphatic heterocycles. The van der Waals surface area contributed by atoms with Gasteiger partial charge in [-0.1, -0.05) is 54.6 Å². The lowest BCUT2D eigenvalue weighted by molar-refractivity contribution is -0.135. The molecule has 0 bridgehead atoms. The van der Waals surface area contributed by atoms with Crippen LogP contribution in [0.2, 0.25) is 0 Å². The number of ether oxygens (including phenoxy) is 1. The number of amides is 2. The summed E-state index contributed by atoms with van der Waals surface area (Å²) >= 11 is 0. The molecule has 2 heterocycles. The molecular formula is C27H34N2O3. The van der Waals surface area contributed by atoms with Gasteiger partial charge < -0.3 is 14.5 Å². The Kier molecular flexibility index (Phi) is 7.59. The van der Waals surface area contributed by atoms with Gasteiger partial charge in [0, 0.05) is 39.2 Å².